The van der Waals surface area contributed by atoms with Crippen LogP contribution in [0.2, 0.25) is 0 Å². The number of fused-ring (bicyclic) bond motifs is 3. The van der Waals surface area contributed by atoms with E-state index in [4.69, 9.17) is 23.7 Å². The topological polar surface area (TPSA) is 76.1 Å². The third kappa shape index (κ3) is 2.28. The Morgan fingerprint density at radius 3 is 2.70 bits per heavy atom. The van der Waals surface area contributed by atoms with Crippen molar-refractivity contribution >= 4 is 16.9 Å². The second kappa shape index (κ2) is 5.77. The van der Waals surface area contributed by atoms with Gasteiger partial charge in [0.15, 0.2) is 11.5 Å². The summed E-state index contributed by atoms with van der Waals surface area (Å²) in [6, 6.07) is 9.23. The lowest BCUT2D eigenvalue weighted by Crippen LogP contribution is -2.01. The Morgan fingerprint density at radius 1 is 1.00 bits per heavy atom. The molecule has 0 amide bonds. The molecule has 0 radical (unpaired) electrons. The summed E-state index contributed by atoms with van der Waals surface area (Å²) in [6.07, 6.45) is 0. The summed E-state index contributed by atoms with van der Waals surface area (Å²) in [4.78, 5) is 17.1. The normalized spacial score (nSPS) is 14.2. The minimum atomic E-state index is -0.395. The summed E-state index contributed by atoms with van der Waals surface area (Å²) in [5.74, 6) is 1.93. The maximum absolute atomic E-state index is 12.5. The fraction of sp³-hybridized carbons (Fsp3) is 0.200. The maximum atomic E-state index is 12.5. The third-order valence-corrected chi connectivity index (χ3v) is 4.76. The molecule has 0 bridgehead atoms. The number of aromatic nitrogens is 1. The Hall–Kier alpha value is -3.48. The van der Waals surface area contributed by atoms with Crippen LogP contribution in [0.3, 0.4) is 0 Å². The number of esters is 1. The lowest BCUT2D eigenvalue weighted by molar-refractivity contribution is 0.0534. The van der Waals surface area contributed by atoms with E-state index in [0.29, 0.717) is 39.8 Å². The summed E-state index contributed by atoms with van der Waals surface area (Å²) in [7, 11) is 3.16. The minimum Gasteiger partial charge on any atom is -0.497 e. The van der Waals surface area contributed by atoms with Crippen LogP contribution >= 0.6 is 0 Å². The maximum Gasteiger partial charge on any atom is 0.341 e. The van der Waals surface area contributed by atoms with Gasteiger partial charge < -0.3 is 23.7 Å². The second-order valence-corrected chi connectivity index (χ2v) is 6.18. The number of cyclic esters (lactones) is 1. The van der Waals surface area contributed by atoms with Crippen molar-refractivity contribution in [3.8, 4) is 34.1 Å². The van der Waals surface area contributed by atoms with E-state index in [1.165, 1.54) is 0 Å². The Labute approximate surface area is 154 Å². The molecular weight excluding hydrogens is 350 g/mol. The first-order valence-corrected chi connectivity index (χ1v) is 8.35. The lowest BCUT2D eigenvalue weighted by Gasteiger charge is -2.14. The molecule has 0 N–H and O–H groups in total. The summed E-state index contributed by atoms with van der Waals surface area (Å²) in [5.41, 5.74) is 3.29. The second-order valence-electron chi connectivity index (χ2n) is 6.18. The monoisotopic (exact) mass is 365 g/mol. The van der Waals surface area contributed by atoms with Crippen molar-refractivity contribution < 1.29 is 28.5 Å². The predicted molar refractivity (Wildman–Crippen MR) is 95.5 cm³/mol. The van der Waals surface area contributed by atoms with Gasteiger partial charge in [-0.3, -0.25) is 0 Å². The lowest BCUT2D eigenvalue weighted by atomic mass is 9.94. The van der Waals surface area contributed by atoms with Crippen molar-refractivity contribution in [2.75, 3.05) is 21.0 Å². The number of benzene rings is 2. The third-order valence-electron chi connectivity index (χ3n) is 4.76. The molecule has 0 unspecified atom stereocenters. The first-order valence-electron chi connectivity index (χ1n) is 8.35. The predicted octanol–water partition coefficient (Wildman–Crippen LogP) is 3.32. The number of pyridine rings is 1. The smallest absolute Gasteiger partial charge is 0.341 e. The standard InChI is InChI=1S/C20H15NO6/c1-23-11-3-4-13-12(7-11)17(18-14(21-13)8-25-20(18)22)10-5-15(24-2)19-16(6-10)26-9-27-19/h3-7H,8-9H2,1-2H3. The number of ether oxygens (including phenoxy) is 5. The molecule has 0 saturated heterocycles. The molecule has 0 aliphatic carbocycles. The van der Waals surface area contributed by atoms with Crippen molar-refractivity contribution in [3.63, 3.8) is 0 Å². The van der Waals surface area contributed by atoms with E-state index in [9.17, 15) is 4.79 Å². The average molecular weight is 365 g/mol. The zero-order chi connectivity index (χ0) is 18.5. The molecule has 7 heteroatoms. The highest BCUT2D eigenvalue weighted by molar-refractivity contribution is 6.09. The van der Waals surface area contributed by atoms with Gasteiger partial charge in [0.25, 0.3) is 0 Å². The van der Waals surface area contributed by atoms with Crippen LogP contribution in [0.5, 0.6) is 23.0 Å². The molecular formula is C20H15NO6. The van der Waals surface area contributed by atoms with Gasteiger partial charge in [-0.25, -0.2) is 9.78 Å². The Balaban J connectivity index is 1.87. The number of hydrogen-bond acceptors (Lipinski definition) is 7. The minimum absolute atomic E-state index is 0.125. The van der Waals surface area contributed by atoms with E-state index >= 15 is 0 Å². The van der Waals surface area contributed by atoms with Gasteiger partial charge in [-0.05, 0) is 35.9 Å². The van der Waals surface area contributed by atoms with E-state index in [2.05, 4.69) is 4.98 Å². The number of carbonyl (C=O) groups is 1. The Morgan fingerprint density at radius 2 is 1.89 bits per heavy atom. The number of nitrogens with zero attached hydrogens (tertiary/aromatic N) is 1. The molecule has 0 saturated carbocycles. The zero-order valence-corrected chi connectivity index (χ0v) is 14.7. The van der Waals surface area contributed by atoms with Crippen molar-refractivity contribution in [3.05, 3.63) is 41.6 Å². The van der Waals surface area contributed by atoms with E-state index in [-0.39, 0.29) is 13.4 Å². The number of hydrogen-bond donors (Lipinski definition) is 0. The van der Waals surface area contributed by atoms with Crippen LogP contribution in [0, 0.1) is 0 Å². The molecule has 2 aliphatic rings. The summed E-state index contributed by atoms with van der Waals surface area (Å²) in [6.45, 7) is 0.283. The van der Waals surface area contributed by atoms with Crippen LogP contribution in [-0.2, 0) is 11.3 Å². The van der Waals surface area contributed by atoms with E-state index in [1.54, 1.807) is 14.2 Å². The fourth-order valence-corrected chi connectivity index (χ4v) is 3.52. The molecule has 136 valence electrons. The quantitative estimate of drug-likeness (QED) is 0.659. The van der Waals surface area contributed by atoms with E-state index in [0.717, 1.165) is 16.5 Å². The molecule has 2 aromatic carbocycles. The van der Waals surface area contributed by atoms with Crippen LogP contribution in [0.4, 0.5) is 0 Å². The summed E-state index contributed by atoms with van der Waals surface area (Å²) in [5, 5.41) is 0.785. The molecule has 3 aromatic rings. The highest BCUT2D eigenvalue weighted by Gasteiger charge is 2.31. The first-order chi connectivity index (χ1) is 13.2. The molecule has 27 heavy (non-hydrogen) atoms. The van der Waals surface area contributed by atoms with Crippen LogP contribution in [-0.4, -0.2) is 32.0 Å². The van der Waals surface area contributed by atoms with Gasteiger partial charge in [0.1, 0.15) is 12.4 Å². The number of rotatable bonds is 3. The van der Waals surface area contributed by atoms with Gasteiger partial charge in [-0.1, -0.05) is 0 Å². The molecule has 7 nitrogen and oxygen atoms in total. The van der Waals surface area contributed by atoms with Gasteiger partial charge in [-0.2, -0.15) is 0 Å². The van der Waals surface area contributed by atoms with Gasteiger partial charge in [0, 0.05) is 10.9 Å². The van der Waals surface area contributed by atoms with Crippen LogP contribution in [0.15, 0.2) is 30.3 Å². The van der Waals surface area contributed by atoms with E-state index in [1.807, 2.05) is 30.3 Å². The molecule has 0 spiro atoms. The molecule has 3 heterocycles. The highest BCUT2D eigenvalue weighted by Crippen LogP contribution is 2.47. The van der Waals surface area contributed by atoms with Crippen molar-refractivity contribution in [2.45, 2.75) is 6.61 Å². The number of carbonyl (C=O) groups excluding carboxylic acids is 1. The molecule has 1 aromatic heterocycles. The zero-order valence-electron chi connectivity index (χ0n) is 14.7. The van der Waals surface area contributed by atoms with Crippen molar-refractivity contribution in [1.82, 2.24) is 4.98 Å². The Kier molecular flexibility index (Phi) is 3.36. The van der Waals surface area contributed by atoms with Gasteiger partial charge in [0.2, 0.25) is 12.5 Å². The van der Waals surface area contributed by atoms with Gasteiger partial charge >= 0.3 is 5.97 Å². The highest BCUT2D eigenvalue weighted by atomic mass is 16.7. The molecule has 5 rings (SSSR count). The van der Waals surface area contributed by atoms with E-state index < -0.39 is 5.97 Å². The van der Waals surface area contributed by atoms with Crippen molar-refractivity contribution in [1.29, 1.82) is 0 Å². The van der Waals surface area contributed by atoms with Crippen LogP contribution < -0.4 is 18.9 Å². The van der Waals surface area contributed by atoms with Gasteiger partial charge in [0.05, 0.1) is 31.0 Å². The molecule has 0 atom stereocenters. The van der Waals surface area contributed by atoms with Gasteiger partial charge in [-0.15, -0.1) is 0 Å². The average Bonchev–Trinajstić information content (AvgIpc) is 3.31. The summed E-state index contributed by atoms with van der Waals surface area (Å²) < 4.78 is 27.1. The van der Waals surface area contributed by atoms with Crippen LogP contribution in [0.1, 0.15) is 16.1 Å². The SMILES string of the molecule is COc1ccc2nc3c(c(-c4cc(OC)c5c(c4)OCO5)c2c1)C(=O)OC3. The molecule has 2 aliphatic heterocycles. The van der Waals surface area contributed by atoms with Crippen LogP contribution in [0.25, 0.3) is 22.0 Å². The fourth-order valence-electron chi connectivity index (χ4n) is 3.52. The summed E-state index contributed by atoms with van der Waals surface area (Å²) >= 11 is 0. The molecule has 0 fully saturated rings. The number of methoxy groups -OCH3 is 2. The Bertz CT molecular complexity index is 1110. The first kappa shape index (κ1) is 15.7. The largest absolute Gasteiger partial charge is 0.497 e. The van der Waals surface area contributed by atoms with Crippen molar-refractivity contribution in [2.24, 2.45) is 0 Å².